The highest BCUT2D eigenvalue weighted by atomic mass is 32.1. The van der Waals surface area contributed by atoms with Crippen LogP contribution in [0.25, 0.3) is 11.3 Å². The third-order valence-corrected chi connectivity index (χ3v) is 7.43. The molecule has 238 valence electrons. The van der Waals surface area contributed by atoms with Crippen LogP contribution >= 0.6 is 12.6 Å². The Labute approximate surface area is 269 Å². The van der Waals surface area contributed by atoms with E-state index in [9.17, 15) is 0 Å². The van der Waals surface area contributed by atoms with Crippen LogP contribution in [0.15, 0.2) is 98.1 Å². The second-order valence-electron chi connectivity index (χ2n) is 13.1. The Balaban J connectivity index is -0.000000503. The molecule has 42 heavy (non-hydrogen) atoms. The quantitative estimate of drug-likeness (QED) is 0.229. The Morgan fingerprint density at radius 2 is 0.976 bits per heavy atom. The fourth-order valence-electron chi connectivity index (χ4n) is 3.06. The van der Waals surface area contributed by atoms with E-state index in [0.717, 1.165) is 34.2 Å². The van der Waals surface area contributed by atoms with Crippen molar-refractivity contribution in [1.82, 2.24) is 5.32 Å². The van der Waals surface area contributed by atoms with E-state index in [1.807, 2.05) is 43.3 Å². The molecule has 0 amide bonds. The number of nitrogens with one attached hydrogen (secondary N) is 1. The van der Waals surface area contributed by atoms with Gasteiger partial charge in [0.1, 0.15) is 0 Å². The van der Waals surface area contributed by atoms with E-state index in [-0.39, 0.29) is 6.04 Å². The molecule has 2 aromatic rings. The molecule has 0 aliphatic heterocycles. The van der Waals surface area contributed by atoms with E-state index < -0.39 is 0 Å². The molecule has 2 heteroatoms. The van der Waals surface area contributed by atoms with Gasteiger partial charge in [-0.1, -0.05) is 173 Å². The van der Waals surface area contributed by atoms with Crippen LogP contribution in [0.5, 0.6) is 0 Å². The van der Waals surface area contributed by atoms with Crippen LogP contribution in [0.4, 0.5) is 0 Å². The van der Waals surface area contributed by atoms with Gasteiger partial charge < -0.3 is 5.32 Å². The molecule has 0 aliphatic carbocycles. The number of hydrogen-bond donors (Lipinski definition) is 2. The lowest BCUT2D eigenvalue weighted by Crippen LogP contribution is -2.33. The lowest BCUT2D eigenvalue weighted by Gasteiger charge is -2.25. The van der Waals surface area contributed by atoms with Gasteiger partial charge in [0.15, 0.2) is 0 Å². The van der Waals surface area contributed by atoms with E-state index in [4.69, 9.17) is 0 Å². The maximum Gasteiger partial charge on any atom is 0.0491 e. The smallest absolute Gasteiger partial charge is 0.0491 e. The molecule has 2 rings (SSSR count). The molecule has 2 aromatic carbocycles. The van der Waals surface area contributed by atoms with Gasteiger partial charge in [0.25, 0.3) is 0 Å². The lowest BCUT2D eigenvalue weighted by atomic mass is 9.84. The third kappa shape index (κ3) is 22.2. The summed E-state index contributed by atoms with van der Waals surface area (Å²) < 4.78 is 0. The summed E-state index contributed by atoms with van der Waals surface area (Å²) in [6.07, 6.45) is 1.69. The monoisotopic (exact) mass is 593 g/mol. The molecule has 2 unspecified atom stereocenters. The number of benzene rings is 2. The molecule has 0 bridgehead atoms. The molecule has 0 saturated carbocycles. The molecule has 1 N–H and O–H groups in total. The van der Waals surface area contributed by atoms with Crippen LogP contribution < -0.4 is 5.32 Å². The summed E-state index contributed by atoms with van der Waals surface area (Å²) in [6.45, 7) is 44.3. The van der Waals surface area contributed by atoms with Gasteiger partial charge in [-0.15, -0.1) is 0 Å². The van der Waals surface area contributed by atoms with Gasteiger partial charge in [-0.05, 0) is 67.2 Å². The predicted molar refractivity (Wildman–Crippen MR) is 201 cm³/mol. The number of allylic oxidation sites excluding steroid dienone is 2. The Morgan fingerprint density at radius 3 is 1.17 bits per heavy atom. The first-order chi connectivity index (χ1) is 19.3. The van der Waals surface area contributed by atoms with Crippen LogP contribution in [0.1, 0.15) is 101 Å². The highest BCUT2D eigenvalue weighted by Gasteiger charge is 2.15. The van der Waals surface area contributed by atoms with Crippen molar-refractivity contribution in [2.75, 3.05) is 6.26 Å². The van der Waals surface area contributed by atoms with Crippen molar-refractivity contribution in [3.05, 3.63) is 109 Å². The van der Waals surface area contributed by atoms with Crippen LogP contribution in [0.3, 0.4) is 0 Å². The standard InChI is InChI=1S/C15H21N.C9H10.C8H16.C7H16.CH4S/c1-11(2)15(12(3)4)16-13(5)14-9-7-6-8-10-14;1-8(2)9-6-4-3-5-7-9;1-6(2)8(5)7(3)4;1-6(2)7(3,4)5;1-2/h6-10,12,15-16H,1,5H2,2-4H3;3-7H,1H2,2H3;7-8H,1H2,2-5H3;6H,1-5H3;2H,1H3. The van der Waals surface area contributed by atoms with Gasteiger partial charge in [0.05, 0.1) is 0 Å². The first-order valence-corrected chi connectivity index (χ1v) is 16.2. The van der Waals surface area contributed by atoms with Crippen molar-refractivity contribution in [1.29, 1.82) is 0 Å². The Hall–Kier alpha value is -2.45. The van der Waals surface area contributed by atoms with Crippen molar-refractivity contribution < 1.29 is 0 Å². The topological polar surface area (TPSA) is 12.0 Å². The van der Waals surface area contributed by atoms with Crippen molar-refractivity contribution in [2.45, 2.75) is 96.1 Å². The maximum atomic E-state index is 4.08. The lowest BCUT2D eigenvalue weighted by molar-refractivity contribution is 0.283. The molecule has 0 heterocycles. The van der Waals surface area contributed by atoms with Crippen LogP contribution in [0.2, 0.25) is 0 Å². The molecule has 0 aliphatic rings. The van der Waals surface area contributed by atoms with E-state index >= 15 is 0 Å². The zero-order valence-corrected chi connectivity index (χ0v) is 30.8. The highest BCUT2D eigenvalue weighted by molar-refractivity contribution is 7.79. The number of rotatable bonds is 8. The Bertz CT molecular complexity index is 991. The predicted octanol–water partition coefficient (Wildman–Crippen LogP) is 12.7. The zero-order valence-electron chi connectivity index (χ0n) is 29.9. The summed E-state index contributed by atoms with van der Waals surface area (Å²) in [7, 11) is 0. The molecule has 1 nitrogen and oxygen atoms in total. The minimum absolute atomic E-state index is 0.285. The summed E-state index contributed by atoms with van der Waals surface area (Å²) in [4.78, 5) is 0. The highest BCUT2D eigenvalue weighted by Crippen LogP contribution is 2.23. The molecule has 0 aromatic heterocycles. The SMILES string of the molecule is C=C(C)C(C)C(C)C.C=C(C)c1ccccc1.C=C(NC(C(=C)C)C(C)C)c1ccccc1.CC(C)C(C)(C)C.CS. The van der Waals surface area contributed by atoms with Crippen LogP contribution in [-0.2, 0) is 0 Å². The van der Waals surface area contributed by atoms with Crippen molar-refractivity contribution in [3.63, 3.8) is 0 Å². The van der Waals surface area contributed by atoms with E-state index in [1.165, 1.54) is 11.1 Å². The minimum atomic E-state index is 0.285. The van der Waals surface area contributed by atoms with Gasteiger partial charge in [0.2, 0.25) is 0 Å². The fourth-order valence-corrected chi connectivity index (χ4v) is 3.06. The molecule has 0 radical (unpaired) electrons. The van der Waals surface area contributed by atoms with Crippen molar-refractivity contribution in [2.24, 2.45) is 29.1 Å². The average Bonchev–Trinajstić information content (AvgIpc) is 2.93. The Kier molecular flexibility index (Phi) is 25.2. The summed E-state index contributed by atoms with van der Waals surface area (Å²) in [5.74, 6) is 2.73. The average molecular weight is 594 g/mol. The van der Waals surface area contributed by atoms with Gasteiger partial charge in [0, 0.05) is 11.7 Å². The zero-order chi connectivity index (χ0) is 33.6. The second kappa shape index (κ2) is 24.0. The van der Waals surface area contributed by atoms with E-state index in [0.29, 0.717) is 17.3 Å². The van der Waals surface area contributed by atoms with Gasteiger partial charge >= 0.3 is 0 Å². The number of thiol groups is 1. The summed E-state index contributed by atoms with van der Waals surface area (Å²) >= 11 is 3.53. The summed E-state index contributed by atoms with van der Waals surface area (Å²) in [5.41, 5.74) is 7.37. The fraction of sp³-hybridized carbons (Fsp3) is 0.500. The number of hydrogen-bond acceptors (Lipinski definition) is 2. The first kappa shape index (κ1) is 44.0. The molecule has 0 spiro atoms. The third-order valence-electron chi connectivity index (χ3n) is 7.43. The van der Waals surface area contributed by atoms with Gasteiger partial charge in [-0.3, -0.25) is 0 Å². The summed E-state index contributed by atoms with van der Waals surface area (Å²) in [5, 5.41) is 3.44. The Morgan fingerprint density at radius 1 is 0.619 bits per heavy atom. The molecular formula is C40H67NS. The normalized spacial score (nSPS) is 11.6. The van der Waals surface area contributed by atoms with Crippen molar-refractivity contribution >= 4 is 23.9 Å². The summed E-state index contributed by atoms with van der Waals surface area (Å²) in [6, 6.07) is 20.6. The second-order valence-corrected chi connectivity index (χ2v) is 13.1. The van der Waals surface area contributed by atoms with Crippen LogP contribution in [0, 0.1) is 29.1 Å². The minimum Gasteiger partial charge on any atom is -0.378 e. The van der Waals surface area contributed by atoms with E-state index in [1.54, 1.807) is 6.26 Å². The van der Waals surface area contributed by atoms with Gasteiger partial charge in [-0.2, -0.15) is 12.6 Å². The van der Waals surface area contributed by atoms with Crippen molar-refractivity contribution in [3.8, 4) is 0 Å². The van der Waals surface area contributed by atoms with E-state index in [2.05, 4.69) is 152 Å². The van der Waals surface area contributed by atoms with Gasteiger partial charge in [-0.25, -0.2) is 0 Å². The maximum absolute atomic E-state index is 4.08. The first-order valence-electron chi connectivity index (χ1n) is 15.3. The molecular weight excluding hydrogens is 527 g/mol. The molecule has 0 fully saturated rings. The largest absolute Gasteiger partial charge is 0.378 e. The molecule has 2 atom stereocenters. The molecule has 0 saturated heterocycles. The van der Waals surface area contributed by atoms with Crippen LogP contribution in [-0.4, -0.2) is 12.3 Å².